The highest BCUT2D eigenvalue weighted by Crippen LogP contribution is 2.34. The third kappa shape index (κ3) is 7.82. The zero-order valence-corrected chi connectivity index (χ0v) is 26.2. The Morgan fingerprint density at radius 3 is 2.58 bits per heavy atom. The second-order valence-corrected chi connectivity index (χ2v) is 12.0. The lowest BCUT2D eigenvalue weighted by molar-refractivity contribution is 0.00536. The molecule has 1 atom stereocenters. The van der Waals surface area contributed by atoms with E-state index in [9.17, 15) is 14.7 Å². The Morgan fingerprint density at radius 1 is 1.07 bits per heavy atom. The number of hydrogen-bond donors (Lipinski definition) is 2. The Bertz CT molecular complexity index is 1680. The van der Waals surface area contributed by atoms with Gasteiger partial charge in [0.25, 0.3) is 0 Å². The lowest BCUT2D eigenvalue weighted by Crippen LogP contribution is -2.57. The Morgan fingerprint density at radius 2 is 1.89 bits per heavy atom. The Balaban J connectivity index is 1.39. The van der Waals surface area contributed by atoms with Gasteiger partial charge in [-0.1, -0.05) is 17.7 Å². The van der Waals surface area contributed by atoms with E-state index in [0.29, 0.717) is 38.9 Å². The number of rotatable bonds is 8. The largest absolute Gasteiger partial charge is 0.496 e. The van der Waals surface area contributed by atoms with Crippen molar-refractivity contribution < 1.29 is 28.9 Å². The van der Waals surface area contributed by atoms with E-state index in [1.54, 1.807) is 57.2 Å². The quantitative estimate of drug-likeness (QED) is 0.232. The summed E-state index contributed by atoms with van der Waals surface area (Å²) < 4.78 is 17.1. The second-order valence-electron chi connectivity index (χ2n) is 11.5. The highest BCUT2D eigenvalue weighted by atomic mass is 35.5. The van der Waals surface area contributed by atoms with Crippen molar-refractivity contribution in [2.24, 2.45) is 0 Å². The summed E-state index contributed by atoms with van der Waals surface area (Å²) in [5, 5.41) is 14.4. The number of nitrogens with zero attached hydrogens (tertiary/aromatic N) is 5. The molecular formula is C32H35ClN6O6. The monoisotopic (exact) mass is 634 g/mol. The number of ether oxygens (including phenoxy) is 3. The van der Waals surface area contributed by atoms with Crippen molar-refractivity contribution in [3.8, 4) is 11.5 Å². The first-order valence-electron chi connectivity index (χ1n) is 14.4. The fraction of sp³-hybridized carbons (Fsp3) is 0.344. The summed E-state index contributed by atoms with van der Waals surface area (Å²) in [5.74, 6) is 1.59. The first-order valence-corrected chi connectivity index (χ1v) is 14.8. The van der Waals surface area contributed by atoms with Crippen LogP contribution in [0.1, 0.15) is 32.0 Å². The fourth-order valence-corrected chi connectivity index (χ4v) is 5.31. The van der Waals surface area contributed by atoms with Gasteiger partial charge in [-0.05, 0) is 69.2 Å². The molecule has 2 N–H and O–H groups in total. The number of pyridine rings is 1. The number of piperazine rings is 1. The maximum Gasteiger partial charge on any atom is 0.410 e. The molecule has 1 aliphatic rings. The highest BCUT2D eigenvalue weighted by molar-refractivity contribution is 6.32. The number of nitrogens with one attached hydrogen (secondary N) is 1. The minimum absolute atomic E-state index is 0.160. The van der Waals surface area contributed by atoms with Crippen LogP contribution in [0.2, 0.25) is 5.02 Å². The van der Waals surface area contributed by atoms with Gasteiger partial charge in [-0.15, -0.1) is 0 Å². The predicted octanol–water partition coefficient (Wildman–Crippen LogP) is 6.15. The van der Waals surface area contributed by atoms with Crippen LogP contribution in [0, 0.1) is 0 Å². The number of benzene rings is 2. The molecule has 2 amide bonds. The minimum atomic E-state index is -1.06. The van der Waals surface area contributed by atoms with Crippen molar-refractivity contribution in [2.75, 3.05) is 32.1 Å². The average molecular weight is 635 g/mol. The van der Waals surface area contributed by atoms with Gasteiger partial charge >= 0.3 is 12.2 Å². The van der Waals surface area contributed by atoms with Crippen molar-refractivity contribution in [3.05, 3.63) is 77.3 Å². The summed E-state index contributed by atoms with van der Waals surface area (Å²) in [6, 6.07) is 14.1. The van der Waals surface area contributed by atoms with E-state index in [-0.39, 0.29) is 32.7 Å². The number of anilines is 2. The van der Waals surface area contributed by atoms with Gasteiger partial charge in [-0.2, -0.15) is 0 Å². The molecule has 4 aromatic rings. The smallest absolute Gasteiger partial charge is 0.410 e. The van der Waals surface area contributed by atoms with Gasteiger partial charge in [0.05, 0.1) is 29.4 Å². The molecule has 2 aromatic heterocycles. The summed E-state index contributed by atoms with van der Waals surface area (Å²) in [4.78, 5) is 41.0. The molecule has 13 heteroatoms. The molecule has 5 rings (SSSR count). The number of hydrogen-bond acceptors (Lipinski definition) is 9. The maximum absolute atomic E-state index is 12.8. The van der Waals surface area contributed by atoms with Crippen LogP contribution in [0.3, 0.4) is 0 Å². The van der Waals surface area contributed by atoms with Crippen LogP contribution < -0.4 is 14.8 Å². The first kappa shape index (κ1) is 31.6. The molecule has 0 spiro atoms. The third-order valence-corrected chi connectivity index (χ3v) is 7.46. The van der Waals surface area contributed by atoms with Crippen molar-refractivity contribution in [2.45, 2.75) is 45.4 Å². The number of aromatic nitrogens is 3. The molecule has 45 heavy (non-hydrogen) atoms. The summed E-state index contributed by atoms with van der Waals surface area (Å²) in [5.41, 5.74) is 2.16. The molecule has 236 valence electrons. The van der Waals surface area contributed by atoms with E-state index in [2.05, 4.69) is 20.3 Å². The second kappa shape index (κ2) is 13.4. The van der Waals surface area contributed by atoms with Gasteiger partial charge in [-0.25, -0.2) is 19.6 Å². The highest BCUT2D eigenvalue weighted by Gasteiger charge is 2.35. The van der Waals surface area contributed by atoms with Crippen molar-refractivity contribution in [1.29, 1.82) is 0 Å². The van der Waals surface area contributed by atoms with Crippen LogP contribution >= 0.6 is 11.6 Å². The zero-order valence-electron chi connectivity index (χ0n) is 25.5. The van der Waals surface area contributed by atoms with Gasteiger partial charge in [0.1, 0.15) is 35.9 Å². The molecule has 1 unspecified atom stereocenters. The lowest BCUT2D eigenvalue weighted by Gasteiger charge is -2.40. The molecule has 1 fully saturated rings. The van der Waals surface area contributed by atoms with Gasteiger partial charge < -0.3 is 34.4 Å². The number of halogens is 1. The van der Waals surface area contributed by atoms with Gasteiger partial charge in [-0.3, -0.25) is 4.98 Å². The van der Waals surface area contributed by atoms with E-state index in [4.69, 9.17) is 25.8 Å². The number of carbonyl (C=O) groups excluding carboxylic acids is 1. The Kier molecular flexibility index (Phi) is 9.43. The summed E-state index contributed by atoms with van der Waals surface area (Å²) in [6.45, 7) is 6.24. The van der Waals surface area contributed by atoms with Crippen LogP contribution in [-0.4, -0.2) is 80.4 Å². The van der Waals surface area contributed by atoms with Gasteiger partial charge in [0.2, 0.25) is 0 Å². The number of amides is 2. The number of carbonyl (C=O) groups is 2. The van der Waals surface area contributed by atoms with Crippen LogP contribution in [0.5, 0.6) is 11.5 Å². The molecule has 1 aliphatic heterocycles. The van der Waals surface area contributed by atoms with Crippen molar-refractivity contribution in [3.63, 3.8) is 0 Å². The van der Waals surface area contributed by atoms with Gasteiger partial charge in [0.15, 0.2) is 0 Å². The molecule has 0 saturated carbocycles. The van der Waals surface area contributed by atoms with Crippen LogP contribution in [0.25, 0.3) is 10.9 Å². The maximum atomic E-state index is 12.8. The summed E-state index contributed by atoms with van der Waals surface area (Å²) in [6.07, 6.45) is 1.90. The van der Waals surface area contributed by atoms with E-state index >= 15 is 0 Å². The summed E-state index contributed by atoms with van der Waals surface area (Å²) in [7, 11) is 1.55. The van der Waals surface area contributed by atoms with Gasteiger partial charge in [0, 0.05) is 43.0 Å². The van der Waals surface area contributed by atoms with Crippen LogP contribution in [0.15, 0.2) is 61.1 Å². The van der Waals surface area contributed by atoms with Crippen LogP contribution in [-0.2, 0) is 17.8 Å². The molecule has 0 aliphatic carbocycles. The molecule has 12 nitrogen and oxygen atoms in total. The standard InChI is InChI=1S/C32H35ClN6O6/c1-32(2,3)45-31(42)38-11-12-39(30(40)41)23(17-38)13-20-14-24-26(16-28(20)43-4)35-19-36-29(24)37-21-8-9-27(25(33)15-21)44-18-22-7-5-6-10-34-22/h5-10,14-16,19,23H,11-13,17-18H2,1-4H3,(H,40,41)(H,35,36,37). The molecule has 0 radical (unpaired) electrons. The normalized spacial score (nSPS) is 15.1. The first-order chi connectivity index (χ1) is 21.5. The minimum Gasteiger partial charge on any atom is -0.496 e. The zero-order chi connectivity index (χ0) is 32.1. The van der Waals surface area contributed by atoms with Crippen molar-refractivity contribution >= 4 is 46.2 Å². The van der Waals surface area contributed by atoms with Crippen LogP contribution in [0.4, 0.5) is 21.1 Å². The predicted molar refractivity (Wildman–Crippen MR) is 169 cm³/mol. The van der Waals surface area contributed by atoms with E-state index in [1.165, 1.54) is 11.2 Å². The van der Waals surface area contributed by atoms with E-state index in [1.807, 2.05) is 30.3 Å². The number of carboxylic acid groups (broad SMARTS) is 1. The molecule has 2 aromatic carbocycles. The summed E-state index contributed by atoms with van der Waals surface area (Å²) >= 11 is 6.54. The van der Waals surface area contributed by atoms with Crippen molar-refractivity contribution in [1.82, 2.24) is 24.8 Å². The number of methoxy groups -OCH3 is 1. The fourth-order valence-electron chi connectivity index (χ4n) is 5.07. The lowest BCUT2D eigenvalue weighted by atomic mass is 9.99. The Labute approximate surface area is 265 Å². The molecular weight excluding hydrogens is 600 g/mol. The third-order valence-electron chi connectivity index (χ3n) is 7.17. The average Bonchev–Trinajstić information content (AvgIpc) is 3.00. The molecule has 3 heterocycles. The molecule has 1 saturated heterocycles. The van der Waals surface area contributed by atoms with E-state index < -0.39 is 23.8 Å². The SMILES string of the molecule is COc1cc2ncnc(Nc3ccc(OCc4ccccn4)c(Cl)c3)c2cc1CC1CN(C(=O)OC(C)(C)C)CCN1C(=O)O. The number of fused-ring (bicyclic) bond motifs is 1. The molecule has 0 bridgehead atoms. The topological polar surface area (TPSA) is 139 Å². The van der Waals surface area contributed by atoms with E-state index in [0.717, 1.165) is 11.3 Å². The Hall–Kier alpha value is -4.84.